The molecule has 1 aromatic carbocycles. The van der Waals surface area contributed by atoms with Crippen molar-refractivity contribution in [2.24, 2.45) is 0 Å². The third kappa shape index (κ3) is 4.23. The first-order valence-electron chi connectivity index (χ1n) is 4.75. The normalized spacial score (nSPS) is 10.2. The van der Waals surface area contributed by atoms with Crippen molar-refractivity contribution in [2.75, 3.05) is 17.2 Å². The summed E-state index contributed by atoms with van der Waals surface area (Å²) in [4.78, 5) is 0. The van der Waals surface area contributed by atoms with E-state index in [1.807, 2.05) is 23.9 Å². The number of hydrogen-bond acceptors (Lipinski definition) is 2. The van der Waals surface area contributed by atoms with E-state index < -0.39 is 0 Å². The van der Waals surface area contributed by atoms with Crippen LogP contribution in [0.5, 0.6) is 0 Å². The van der Waals surface area contributed by atoms with Crippen LogP contribution in [0, 0.1) is 0 Å². The Bertz CT molecular complexity index is 230. The van der Waals surface area contributed by atoms with E-state index in [2.05, 4.69) is 19.1 Å². The van der Waals surface area contributed by atoms with Crippen LogP contribution < -0.4 is 5.73 Å². The number of benzene rings is 1. The molecule has 1 nitrogen and oxygen atoms in total. The monoisotopic (exact) mass is 195 g/mol. The van der Waals surface area contributed by atoms with Crippen LogP contribution in [-0.2, 0) is 6.42 Å². The van der Waals surface area contributed by atoms with E-state index in [1.54, 1.807) is 0 Å². The van der Waals surface area contributed by atoms with Gasteiger partial charge in [-0.25, -0.2) is 0 Å². The third-order valence-electron chi connectivity index (χ3n) is 1.86. The highest BCUT2D eigenvalue weighted by Crippen LogP contribution is 2.10. The second-order valence-electron chi connectivity index (χ2n) is 3.10. The van der Waals surface area contributed by atoms with Crippen molar-refractivity contribution < 1.29 is 0 Å². The molecule has 0 saturated carbocycles. The third-order valence-corrected chi connectivity index (χ3v) is 3.05. The van der Waals surface area contributed by atoms with Gasteiger partial charge in [0.15, 0.2) is 0 Å². The van der Waals surface area contributed by atoms with Crippen molar-refractivity contribution >= 4 is 17.4 Å². The number of rotatable bonds is 5. The highest BCUT2D eigenvalue weighted by molar-refractivity contribution is 7.99. The fraction of sp³-hybridized carbons (Fsp3) is 0.455. The van der Waals surface area contributed by atoms with Crippen molar-refractivity contribution in [1.82, 2.24) is 0 Å². The molecular weight excluding hydrogens is 178 g/mol. The van der Waals surface area contributed by atoms with Gasteiger partial charge < -0.3 is 5.73 Å². The second kappa shape index (κ2) is 5.92. The lowest BCUT2D eigenvalue weighted by molar-refractivity contribution is 1.09. The summed E-state index contributed by atoms with van der Waals surface area (Å²) in [5.41, 5.74) is 7.84. The van der Waals surface area contributed by atoms with Gasteiger partial charge in [-0.15, -0.1) is 0 Å². The van der Waals surface area contributed by atoms with Gasteiger partial charge in [0, 0.05) is 5.69 Å². The van der Waals surface area contributed by atoms with Gasteiger partial charge in [-0.2, -0.15) is 11.8 Å². The molecule has 72 valence electrons. The van der Waals surface area contributed by atoms with Crippen LogP contribution in [-0.4, -0.2) is 11.5 Å². The molecule has 0 spiro atoms. The minimum absolute atomic E-state index is 0.852. The van der Waals surface area contributed by atoms with Crippen molar-refractivity contribution in [3.8, 4) is 0 Å². The van der Waals surface area contributed by atoms with Crippen molar-refractivity contribution in [3.05, 3.63) is 29.8 Å². The first-order chi connectivity index (χ1) is 6.33. The van der Waals surface area contributed by atoms with Gasteiger partial charge in [0.1, 0.15) is 0 Å². The fourth-order valence-corrected chi connectivity index (χ4v) is 1.99. The van der Waals surface area contributed by atoms with E-state index in [9.17, 15) is 0 Å². The molecule has 0 aliphatic carbocycles. The molecule has 0 atom stereocenters. The Balaban J connectivity index is 2.25. The molecular formula is C11H17NS. The average Bonchev–Trinajstić information content (AvgIpc) is 2.15. The maximum absolute atomic E-state index is 5.60. The standard InChI is InChI=1S/C11H17NS/c1-2-8-13-9-7-10-3-5-11(12)6-4-10/h3-6H,2,7-9,12H2,1H3. The number of thioether (sulfide) groups is 1. The zero-order chi connectivity index (χ0) is 9.52. The molecule has 0 saturated heterocycles. The van der Waals surface area contributed by atoms with Crippen molar-refractivity contribution in [1.29, 1.82) is 0 Å². The van der Waals surface area contributed by atoms with E-state index in [-0.39, 0.29) is 0 Å². The highest BCUT2D eigenvalue weighted by atomic mass is 32.2. The first-order valence-corrected chi connectivity index (χ1v) is 5.90. The Labute approximate surface area is 84.7 Å². The zero-order valence-electron chi connectivity index (χ0n) is 8.12. The predicted octanol–water partition coefficient (Wildman–Crippen LogP) is 2.95. The van der Waals surface area contributed by atoms with E-state index in [0.29, 0.717) is 0 Å². The van der Waals surface area contributed by atoms with Crippen LogP contribution in [0.2, 0.25) is 0 Å². The Kier molecular flexibility index (Phi) is 4.76. The van der Waals surface area contributed by atoms with E-state index in [0.717, 1.165) is 12.1 Å². The Morgan fingerprint density at radius 1 is 1.15 bits per heavy atom. The Hall–Kier alpha value is -0.630. The molecule has 2 N–H and O–H groups in total. The highest BCUT2D eigenvalue weighted by Gasteiger charge is 1.92. The van der Waals surface area contributed by atoms with Crippen LogP contribution in [0.3, 0.4) is 0 Å². The number of anilines is 1. The number of nitrogens with two attached hydrogens (primary N) is 1. The second-order valence-corrected chi connectivity index (χ2v) is 4.33. The smallest absolute Gasteiger partial charge is 0.0314 e. The minimum atomic E-state index is 0.852. The summed E-state index contributed by atoms with van der Waals surface area (Å²) in [6, 6.07) is 8.17. The molecule has 0 aliphatic heterocycles. The minimum Gasteiger partial charge on any atom is -0.399 e. The molecule has 0 bridgehead atoms. The van der Waals surface area contributed by atoms with E-state index in [4.69, 9.17) is 5.73 Å². The van der Waals surface area contributed by atoms with Crippen LogP contribution in [0.1, 0.15) is 18.9 Å². The van der Waals surface area contributed by atoms with Gasteiger partial charge in [0.05, 0.1) is 0 Å². The van der Waals surface area contributed by atoms with Crippen molar-refractivity contribution in [3.63, 3.8) is 0 Å². The molecule has 0 amide bonds. The number of hydrogen-bond donors (Lipinski definition) is 1. The molecule has 0 aromatic heterocycles. The van der Waals surface area contributed by atoms with Gasteiger partial charge in [0.2, 0.25) is 0 Å². The van der Waals surface area contributed by atoms with Gasteiger partial charge >= 0.3 is 0 Å². The maximum atomic E-state index is 5.60. The molecule has 0 unspecified atom stereocenters. The summed E-state index contributed by atoms with van der Waals surface area (Å²) in [7, 11) is 0. The number of aryl methyl sites for hydroxylation is 1. The van der Waals surface area contributed by atoms with Crippen LogP contribution in [0.25, 0.3) is 0 Å². The first kappa shape index (κ1) is 10.5. The number of nitrogen functional groups attached to an aromatic ring is 1. The maximum Gasteiger partial charge on any atom is 0.0314 e. The summed E-state index contributed by atoms with van der Waals surface area (Å²) in [5, 5.41) is 0. The van der Waals surface area contributed by atoms with E-state index >= 15 is 0 Å². The van der Waals surface area contributed by atoms with Gasteiger partial charge in [-0.1, -0.05) is 19.1 Å². The molecule has 0 radical (unpaired) electrons. The van der Waals surface area contributed by atoms with Crippen LogP contribution in [0.15, 0.2) is 24.3 Å². The topological polar surface area (TPSA) is 26.0 Å². The summed E-state index contributed by atoms with van der Waals surface area (Å²) in [5.74, 6) is 2.49. The Morgan fingerprint density at radius 2 is 1.85 bits per heavy atom. The van der Waals surface area contributed by atoms with Gasteiger partial charge in [0.25, 0.3) is 0 Å². The molecule has 0 fully saturated rings. The molecule has 0 aliphatic rings. The van der Waals surface area contributed by atoms with Crippen LogP contribution >= 0.6 is 11.8 Å². The SMILES string of the molecule is CCCSCCc1ccc(N)cc1. The van der Waals surface area contributed by atoms with Crippen molar-refractivity contribution in [2.45, 2.75) is 19.8 Å². The molecule has 0 heterocycles. The zero-order valence-corrected chi connectivity index (χ0v) is 8.94. The lowest BCUT2D eigenvalue weighted by Gasteiger charge is -2.01. The van der Waals surface area contributed by atoms with E-state index in [1.165, 1.54) is 23.5 Å². The average molecular weight is 195 g/mol. The summed E-state index contributed by atoms with van der Waals surface area (Å²) in [6.07, 6.45) is 2.43. The summed E-state index contributed by atoms with van der Waals surface area (Å²) >= 11 is 2.02. The molecule has 13 heavy (non-hydrogen) atoms. The van der Waals surface area contributed by atoms with Crippen LogP contribution in [0.4, 0.5) is 5.69 Å². The molecule has 2 heteroatoms. The quantitative estimate of drug-likeness (QED) is 0.577. The van der Waals surface area contributed by atoms with Gasteiger partial charge in [-0.05, 0) is 42.0 Å². The molecule has 1 aromatic rings. The summed E-state index contributed by atoms with van der Waals surface area (Å²) < 4.78 is 0. The fourth-order valence-electron chi connectivity index (χ4n) is 1.12. The predicted molar refractivity (Wildman–Crippen MR) is 62.2 cm³/mol. The molecule has 1 rings (SSSR count). The largest absolute Gasteiger partial charge is 0.399 e. The lowest BCUT2D eigenvalue weighted by atomic mass is 10.2. The van der Waals surface area contributed by atoms with Gasteiger partial charge in [-0.3, -0.25) is 0 Å². The summed E-state index contributed by atoms with van der Waals surface area (Å²) in [6.45, 7) is 2.22. The lowest BCUT2D eigenvalue weighted by Crippen LogP contribution is -1.90. The Morgan fingerprint density at radius 3 is 2.46 bits per heavy atom.